The first kappa shape index (κ1) is 9.41. The van der Waals surface area contributed by atoms with Crippen molar-refractivity contribution in [1.29, 1.82) is 0 Å². The fourth-order valence-corrected chi connectivity index (χ4v) is 3.16. The minimum atomic E-state index is 0.545. The van der Waals surface area contributed by atoms with Crippen molar-refractivity contribution >= 4 is 0 Å². The first-order valence-electron chi connectivity index (χ1n) is 6.04. The van der Waals surface area contributed by atoms with Gasteiger partial charge in [0.25, 0.3) is 0 Å². The second kappa shape index (κ2) is 3.08. The van der Waals surface area contributed by atoms with Gasteiger partial charge >= 0.3 is 0 Å². The van der Waals surface area contributed by atoms with E-state index < -0.39 is 0 Å². The Balaban J connectivity index is 1.87. The van der Waals surface area contributed by atoms with Crippen LogP contribution < -0.4 is 0 Å². The lowest BCUT2D eigenvalue weighted by molar-refractivity contribution is 0.314. The normalized spacial score (nSPS) is 34.1. The quantitative estimate of drug-likeness (QED) is 0.711. The highest BCUT2D eigenvalue weighted by Gasteiger charge is 2.60. The lowest BCUT2D eigenvalue weighted by atomic mass is 9.94. The Morgan fingerprint density at radius 2 is 2.07 bits per heavy atom. The molecule has 0 radical (unpaired) electrons. The van der Waals surface area contributed by atoms with Gasteiger partial charge in [0.2, 0.25) is 0 Å². The largest absolute Gasteiger partial charge is 0.302 e. The average Bonchev–Trinajstić information content (AvgIpc) is 2.83. The minimum Gasteiger partial charge on any atom is -0.302 e. The fraction of sp³-hybridized carbons (Fsp3) is 0.571. The van der Waals surface area contributed by atoms with Crippen LogP contribution in [0.15, 0.2) is 24.3 Å². The third kappa shape index (κ3) is 1.33. The summed E-state index contributed by atoms with van der Waals surface area (Å²) in [5.74, 6) is 0.945. The summed E-state index contributed by atoms with van der Waals surface area (Å²) in [4.78, 5) is 2.59. The molecule has 1 aromatic rings. The molecule has 0 spiro atoms. The van der Waals surface area contributed by atoms with Crippen LogP contribution in [0.4, 0.5) is 0 Å². The number of hydrogen-bond donors (Lipinski definition) is 0. The van der Waals surface area contributed by atoms with E-state index in [0.29, 0.717) is 5.41 Å². The summed E-state index contributed by atoms with van der Waals surface area (Å²) in [6, 6.07) is 9.20. The monoisotopic (exact) mass is 201 g/mol. The van der Waals surface area contributed by atoms with E-state index in [1.165, 1.54) is 31.6 Å². The van der Waals surface area contributed by atoms with Crippen molar-refractivity contribution in [3.05, 3.63) is 35.4 Å². The molecule has 2 atom stereocenters. The highest BCUT2D eigenvalue weighted by Crippen LogP contribution is 2.58. The van der Waals surface area contributed by atoms with Gasteiger partial charge in [-0.2, -0.15) is 0 Å². The van der Waals surface area contributed by atoms with Crippen molar-refractivity contribution in [3.63, 3.8) is 0 Å². The molecular formula is C14H19N. The van der Waals surface area contributed by atoms with Crippen LogP contribution in [0.1, 0.15) is 24.5 Å². The maximum atomic E-state index is 2.59. The first-order chi connectivity index (χ1) is 7.24. The van der Waals surface area contributed by atoms with Crippen LogP contribution in [0, 0.1) is 12.8 Å². The maximum absolute atomic E-state index is 2.59. The molecule has 0 bridgehead atoms. The molecule has 3 rings (SSSR count). The third-order valence-corrected chi connectivity index (χ3v) is 4.29. The molecule has 1 aromatic carbocycles. The molecule has 15 heavy (non-hydrogen) atoms. The number of fused-ring (bicyclic) bond motifs is 1. The summed E-state index contributed by atoms with van der Waals surface area (Å²) >= 11 is 0. The van der Waals surface area contributed by atoms with Gasteiger partial charge in [-0.1, -0.05) is 36.8 Å². The minimum absolute atomic E-state index is 0.545. The number of nitrogens with zero attached hydrogens (tertiary/aromatic N) is 1. The molecule has 1 saturated heterocycles. The standard InChI is InChI=1S/C14H19N/c1-3-15-9-13-8-14(13,10-15)12-6-4-11(2)5-7-12/h4-7,13H,3,8-10H2,1-2H3/t13-,14+/m1/s1. The highest BCUT2D eigenvalue weighted by molar-refractivity contribution is 5.38. The average molecular weight is 201 g/mol. The molecule has 2 aliphatic rings. The van der Waals surface area contributed by atoms with E-state index >= 15 is 0 Å². The molecule has 0 amide bonds. The van der Waals surface area contributed by atoms with Crippen molar-refractivity contribution < 1.29 is 0 Å². The number of likely N-dealkylation sites (tertiary alicyclic amines) is 1. The SMILES string of the molecule is CCN1C[C@H]2C[C@@]2(c2ccc(C)cc2)C1. The maximum Gasteiger partial charge on any atom is 0.0124 e. The lowest BCUT2D eigenvalue weighted by Gasteiger charge is -2.19. The molecule has 0 unspecified atom stereocenters. The van der Waals surface area contributed by atoms with E-state index in [9.17, 15) is 0 Å². The molecule has 80 valence electrons. The van der Waals surface area contributed by atoms with E-state index in [0.717, 1.165) is 5.92 Å². The van der Waals surface area contributed by atoms with Crippen LogP contribution in [0.3, 0.4) is 0 Å². The van der Waals surface area contributed by atoms with Crippen molar-refractivity contribution in [1.82, 2.24) is 4.90 Å². The molecule has 0 N–H and O–H groups in total. The number of benzene rings is 1. The Labute approximate surface area is 92.1 Å². The summed E-state index contributed by atoms with van der Waals surface area (Å²) in [5.41, 5.74) is 3.50. The fourth-order valence-electron chi connectivity index (χ4n) is 3.16. The molecule has 1 nitrogen and oxygen atoms in total. The Hall–Kier alpha value is -0.820. The van der Waals surface area contributed by atoms with Gasteiger partial charge in [-0.15, -0.1) is 0 Å². The first-order valence-corrected chi connectivity index (χ1v) is 6.04. The predicted octanol–water partition coefficient (Wildman–Crippen LogP) is 2.59. The Morgan fingerprint density at radius 1 is 1.33 bits per heavy atom. The van der Waals surface area contributed by atoms with Crippen LogP contribution >= 0.6 is 0 Å². The van der Waals surface area contributed by atoms with Gasteiger partial charge in [-0.25, -0.2) is 0 Å². The molecule has 1 heterocycles. The zero-order valence-corrected chi connectivity index (χ0v) is 9.66. The van der Waals surface area contributed by atoms with Crippen LogP contribution in [0.2, 0.25) is 0 Å². The third-order valence-electron chi connectivity index (χ3n) is 4.29. The Morgan fingerprint density at radius 3 is 2.67 bits per heavy atom. The second-order valence-corrected chi connectivity index (χ2v) is 5.25. The van der Waals surface area contributed by atoms with Gasteiger partial charge in [0, 0.05) is 18.5 Å². The Kier molecular flexibility index (Phi) is 1.93. The summed E-state index contributed by atoms with van der Waals surface area (Å²) in [5, 5.41) is 0. The van der Waals surface area contributed by atoms with Crippen LogP contribution in [-0.2, 0) is 5.41 Å². The molecule has 1 saturated carbocycles. The Bertz CT molecular complexity index is 367. The van der Waals surface area contributed by atoms with Crippen molar-refractivity contribution in [2.75, 3.05) is 19.6 Å². The zero-order chi connectivity index (χ0) is 10.5. The van der Waals surface area contributed by atoms with E-state index in [2.05, 4.69) is 43.0 Å². The van der Waals surface area contributed by atoms with Gasteiger partial charge in [0.15, 0.2) is 0 Å². The van der Waals surface area contributed by atoms with Crippen LogP contribution in [0.5, 0.6) is 0 Å². The summed E-state index contributed by atoms with van der Waals surface area (Å²) < 4.78 is 0. The van der Waals surface area contributed by atoms with E-state index in [-0.39, 0.29) is 0 Å². The zero-order valence-electron chi connectivity index (χ0n) is 9.66. The van der Waals surface area contributed by atoms with Gasteiger partial charge in [-0.05, 0) is 31.4 Å². The van der Waals surface area contributed by atoms with Crippen LogP contribution in [-0.4, -0.2) is 24.5 Å². The number of hydrogen-bond acceptors (Lipinski definition) is 1. The molecular weight excluding hydrogens is 182 g/mol. The molecule has 1 heteroatoms. The van der Waals surface area contributed by atoms with Gasteiger partial charge in [0.05, 0.1) is 0 Å². The van der Waals surface area contributed by atoms with E-state index in [1.54, 1.807) is 5.56 Å². The van der Waals surface area contributed by atoms with E-state index in [4.69, 9.17) is 0 Å². The number of rotatable bonds is 2. The van der Waals surface area contributed by atoms with Crippen molar-refractivity contribution in [2.24, 2.45) is 5.92 Å². The van der Waals surface area contributed by atoms with E-state index in [1.807, 2.05) is 0 Å². The smallest absolute Gasteiger partial charge is 0.0124 e. The van der Waals surface area contributed by atoms with Gasteiger partial charge in [0.1, 0.15) is 0 Å². The summed E-state index contributed by atoms with van der Waals surface area (Å²) in [7, 11) is 0. The number of likely N-dealkylation sites (N-methyl/N-ethyl adjacent to an activating group) is 1. The topological polar surface area (TPSA) is 3.24 Å². The van der Waals surface area contributed by atoms with Crippen molar-refractivity contribution in [2.45, 2.75) is 25.7 Å². The molecule has 0 aromatic heterocycles. The second-order valence-electron chi connectivity index (χ2n) is 5.25. The summed E-state index contributed by atoms with van der Waals surface area (Å²) in [6.07, 6.45) is 1.42. The van der Waals surface area contributed by atoms with Crippen LogP contribution in [0.25, 0.3) is 0 Å². The van der Waals surface area contributed by atoms with Crippen molar-refractivity contribution in [3.8, 4) is 0 Å². The highest BCUT2D eigenvalue weighted by atomic mass is 15.2. The molecule has 1 aliphatic carbocycles. The predicted molar refractivity (Wildman–Crippen MR) is 63.1 cm³/mol. The molecule has 2 fully saturated rings. The van der Waals surface area contributed by atoms with Gasteiger partial charge < -0.3 is 4.90 Å². The molecule has 1 aliphatic heterocycles. The summed E-state index contributed by atoms with van der Waals surface area (Å²) in [6.45, 7) is 8.26. The van der Waals surface area contributed by atoms with Gasteiger partial charge in [-0.3, -0.25) is 0 Å². The number of piperidine rings is 1. The number of aryl methyl sites for hydroxylation is 1. The lowest BCUT2D eigenvalue weighted by Crippen LogP contribution is -2.26.